The maximum Gasteiger partial charge on any atom is 0.260 e. The van der Waals surface area contributed by atoms with Gasteiger partial charge in [-0.3, -0.25) is 9.48 Å². The molecule has 2 N–H and O–H groups in total. The summed E-state index contributed by atoms with van der Waals surface area (Å²) in [5.74, 6) is 0.963. The van der Waals surface area contributed by atoms with Crippen molar-refractivity contribution in [2.24, 2.45) is 11.3 Å². The normalized spacial score (nSPS) is 17.4. The highest BCUT2D eigenvalue weighted by atomic mass is 16.1. The van der Waals surface area contributed by atoms with Crippen molar-refractivity contribution < 1.29 is 0 Å². The molecule has 1 aromatic carbocycles. The van der Waals surface area contributed by atoms with Gasteiger partial charge in [-0.2, -0.15) is 10.3 Å². The van der Waals surface area contributed by atoms with Crippen LogP contribution < -0.4 is 5.56 Å². The predicted molar refractivity (Wildman–Crippen MR) is 135 cm³/mol. The molecule has 3 heterocycles. The molecule has 2 aliphatic rings. The lowest BCUT2D eigenvalue weighted by Gasteiger charge is -2.28. The van der Waals surface area contributed by atoms with Crippen LogP contribution in [-0.2, 0) is 6.54 Å². The second-order valence-corrected chi connectivity index (χ2v) is 10.6. The highest BCUT2D eigenvalue weighted by Gasteiger charge is 2.24. The average Bonchev–Trinajstić information content (AvgIpc) is 3.29. The third-order valence-corrected chi connectivity index (χ3v) is 7.20. The molecular formula is C27H29N7O. The van der Waals surface area contributed by atoms with Crippen molar-refractivity contribution in [1.82, 2.24) is 35.4 Å². The molecule has 35 heavy (non-hydrogen) atoms. The first-order valence-electron chi connectivity index (χ1n) is 12.3. The van der Waals surface area contributed by atoms with E-state index in [4.69, 9.17) is 5.10 Å². The number of hydrogen-bond acceptors (Lipinski definition) is 5. The highest BCUT2D eigenvalue weighted by molar-refractivity contribution is 5.81. The van der Waals surface area contributed by atoms with E-state index in [9.17, 15) is 4.79 Å². The van der Waals surface area contributed by atoms with Crippen molar-refractivity contribution in [2.45, 2.75) is 52.5 Å². The summed E-state index contributed by atoms with van der Waals surface area (Å²) in [5, 5.41) is 19.0. The predicted octanol–water partition coefficient (Wildman–Crippen LogP) is 5.09. The highest BCUT2D eigenvalue weighted by Crippen LogP contribution is 2.38. The molecule has 1 fully saturated rings. The van der Waals surface area contributed by atoms with E-state index in [1.165, 1.54) is 30.4 Å². The van der Waals surface area contributed by atoms with Crippen LogP contribution in [0.25, 0.3) is 39.5 Å². The topological polar surface area (TPSA) is 105 Å². The molecule has 0 atom stereocenters. The van der Waals surface area contributed by atoms with E-state index in [1.807, 2.05) is 23.0 Å². The van der Waals surface area contributed by atoms with Gasteiger partial charge in [-0.25, -0.2) is 0 Å². The number of tetrazole rings is 1. The van der Waals surface area contributed by atoms with E-state index < -0.39 is 0 Å². The van der Waals surface area contributed by atoms with Crippen molar-refractivity contribution in [2.75, 3.05) is 0 Å². The van der Waals surface area contributed by atoms with E-state index in [2.05, 4.69) is 69.8 Å². The molecular weight excluding hydrogens is 438 g/mol. The Bertz CT molecular complexity index is 1440. The smallest absolute Gasteiger partial charge is 0.260 e. The lowest BCUT2D eigenvalue weighted by atomic mass is 9.77. The Hall–Kier alpha value is -3.81. The molecule has 0 spiro atoms. The number of rotatable bonds is 6. The van der Waals surface area contributed by atoms with Crippen molar-refractivity contribution >= 4 is 5.57 Å². The first-order valence-corrected chi connectivity index (χ1v) is 12.3. The average molecular weight is 468 g/mol. The fraction of sp³-hybridized carbons (Fsp3) is 0.370. The molecule has 3 aromatic heterocycles. The lowest BCUT2D eigenvalue weighted by Crippen LogP contribution is -2.14. The molecule has 0 amide bonds. The van der Waals surface area contributed by atoms with Crippen LogP contribution in [0.1, 0.15) is 51.5 Å². The Labute approximate surface area is 203 Å². The molecule has 0 unspecified atom stereocenters. The van der Waals surface area contributed by atoms with Gasteiger partial charge in [0.05, 0.1) is 11.3 Å². The molecule has 2 aliphatic carbocycles. The summed E-state index contributed by atoms with van der Waals surface area (Å²) in [6, 6.07) is 12.4. The molecule has 1 saturated carbocycles. The zero-order valence-electron chi connectivity index (χ0n) is 20.1. The first-order chi connectivity index (χ1) is 16.9. The molecule has 0 bridgehead atoms. The van der Waals surface area contributed by atoms with E-state index >= 15 is 0 Å². The molecule has 8 heteroatoms. The monoisotopic (exact) mass is 467 g/mol. The van der Waals surface area contributed by atoms with E-state index in [-0.39, 0.29) is 11.4 Å². The number of nitrogens with one attached hydrogen (secondary N) is 2. The van der Waals surface area contributed by atoms with Gasteiger partial charge in [0, 0.05) is 24.0 Å². The maximum absolute atomic E-state index is 13.3. The van der Waals surface area contributed by atoms with Crippen LogP contribution in [0.15, 0.2) is 53.5 Å². The summed E-state index contributed by atoms with van der Waals surface area (Å²) in [7, 11) is 0. The summed E-state index contributed by atoms with van der Waals surface area (Å²) >= 11 is 0. The van der Waals surface area contributed by atoms with Crippen LogP contribution in [0.3, 0.4) is 0 Å². The Kier molecular flexibility index (Phi) is 5.24. The fourth-order valence-electron chi connectivity index (χ4n) is 4.78. The maximum atomic E-state index is 13.3. The van der Waals surface area contributed by atoms with Crippen molar-refractivity contribution in [3.63, 3.8) is 0 Å². The zero-order chi connectivity index (χ0) is 24.0. The largest absolute Gasteiger partial charge is 0.321 e. The number of H-pyrrole nitrogens is 2. The summed E-state index contributed by atoms with van der Waals surface area (Å²) in [6.45, 7) is 5.55. The molecule has 0 saturated heterocycles. The number of pyridine rings is 1. The standard InChI is InChI=1S/C27H29N7O/c1-27(2)12-9-19(10-13-27)18-5-7-20(8-6-18)23-15-21(22-11-14-34(31-22)16-17-3-4-17)24(26(35)28-23)25-29-32-33-30-25/h5-9,11,14-15,17H,3-4,10,12-13,16H2,1-2H3,(H,28,35)(H,29,30,32,33). The molecule has 0 aliphatic heterocycles. The number of hydrogen-bond donors (Lipinski definition) is 2. The van der Waals surface area contributed by atoms with Gasteiger partial charge in [-0.15, -0.1) is 10.2 Å². The van der Waals surface area contributed by atoms with Crippen LogP contribution >= 0.6 is 0 Å². The summed E-state index contributed by atoms with van der Waals surface area (Å²) in [6.07, 6.45) is 10.2. The van der Waals surface area contributed by atoms with Crippen molar-refractivity contribution in [3.8, 4) is 33.9 Å². The van der Waals surface area contributed by atoms with Crippen molar-refractivity contribution in [3.05, 3.63) is 64.6 Å². The summed E-state index contributed by atoms with van der Waals surface area (Å²) in [4.78, 5) is 16.3. The number of allylic oxidation sites excluding steroid dienone is 2. The van der Waals surface area contributed by atoms with Crippen LogP contribution in [0.5, 0.6) is 0 Å². The van der Waals surface area contributed by atoms with Gasteiger partial charge in [0.1, 0.15) is 0 Å². The third kappa shape index (κ3) is 4.48. The minimum absolute atomic E-state index is 0.257. The number of aromatic amines is 2. The Morgan fingerprint density at radius 2 is 1.91 bits per heavy atom. The molecule has 0 radical (unpaired) electrons. The number of nitrogens with zero attached hydrogens (tertiary/aromatic N) is 5. The number of aromatic nitrogens is 7. The van der Waals surface area contributed by atoms with Crippen LogP contribution in [0.2, 0.25) is 0 Å². The van der Waals surface area contributed by atoms with Crippen LogP contribution in [0.4, 0.5) is 0 Å². The lowest BCUT2D eigenvalue weighted by molar-refractivity contribution is 0.335. The fourth-order valence-corrected chi connectivity index (χ4v) is 4.78. The van der Waals surface area contributed by atoms with Crippen LogP contribution in [0, 0.1) is 11.3 Å². The second kappa shape index (κ2) is 8.45. The summed E-state index contributed by atoms with van der Waals surface area (Å²) < 4.78 is 1.96. The minimum atomic E-state index is -0.267. The first kappa shape index (κ1) is 21.7. The Balaban J connectivity index is 1.37. The van der Waals surface area contributed by atoms with Gasteiger partial charge in [0.2, 0.25) is 5.82 Å². The van der Waals surface area contributed by atoms with E-state index in [1.54, 1.807) is 0 Å². The van der Waals surface area contributed by atoms with E-state index in [0.717, 1.165) is 36.3 Å². The Morgan fingerprint density at radius 3 is 2.60 bits per heavy atom. The zero-order valence-corrected chi connectivity index (χ0v) is 20.1. The van der Waals surface area contributed by atoms with Gasteiger partial charge >= 0.3 is 0 Å². The summed E-state index contributed by atoms with van der Waals surface area (Å²) in [5.41, 5.74) is 6.23. The van der Waals surface area contributed by atoms with Gasteiger partial charge in [-0.1, -0.05) is 44.2 Å². The molecule has 178 valence electrons. The van der Waals surface area contributed by atoms with Gasteiger partial charge in [-0.05, 0) is 77.5 Å². The van der Waals surface area contributed by atoms with Crippen molar-refractivity contribution in [1.29, 1.82) is 0 Å². The van der Waals surface area contributed by atoms with Gasteiger partial charge in [0.15, 0.2) is 0 Å². The van der Waals surface area contributed by atoms with E-state index in [0.29, 0.717) is 22.5 Å². The molecule has 6 rings (SSSR count). The SMILES string of the molecule is CC1(C)CC=C(c2ccc(-c3cc(-c4ccn(CC5CC5)n4)c(-c4nn[nH]n4)c(=O)[nH]3)cc2)CC1. The minimum Gasteiger partial charge on any atom is -0.321 e. The van der Waals surface area contributed by atoms with Gasteiger partial charge < -0.3 is 4.98 Å². The Morgan fingerprint density at radius 1 is 1.11 bits per heavy atom. The quantitative estimate of drug-likeness (QED) is 0.411. The number of benzene rings is 1. The second-order valence-electron chi connectivity index (χ2n) is 10.6. The molecule has 8 nitrogen and oxygen atoms in total. The third-order valence-electron chi connectivity index (χ3n) is 7.20. The van der Waals surface area contributed by atoms with Crippen LogP contribution in [-0.4, -0.2) is 35.4 Å². The molecule has 4 aromatic rings. The van der Waals surface area contributed by atoms with Gasteiger partial charge in [0.25, 0.3) is 5.56 Å².